The molecule has 1 N–H and O–H groups in total. The molecule has 7 nitrogen and oxygen atoms in total. The third-order valence-corrected chi connectivity index (χ3v) is 11.0. The SMILES string of the molecule is CCCC(C)N1CC=C[C@]23S[C@@]4(C)C=CCN(Cc5ccccc5)C(=O)[C@H]4[C@H]2C(=O)N(CCCCCO)C3C1=O. The van der Waals surface area contributed by atoms with E-state index in [1.807, 2.05) is 40.1 Å². The lowest BCUT2D eigenvalue weighted by Crippen LogP contribution is -2.55. The zero-order valence-corrected chi connectivity index (χ0v) is 24.8. The highest BCUT2D eigenvalue weighted by atomic mass is 32.2. The molecule has 4 aliphatic heterocycles. The Balaban J connectivity index is 1.54. The van der Waals surface area contributed by atoms with Crippen molar-refractivity contribution in [3.63, 3.8) is 0 Å². The first-order valence-electron chi connectivity index (χ1n) is 14.9. The molecule has 4 heterocycles. The molecule has 216 valence electrons. The van der Waals surface area contributed by atoms with Gasteiger partial charge in [0, 0.05) is 43.6 Å². The molecule has 0 aromatic heterocycles. The third kappa shape index (κ3) is 4.91. The Bertz CT molecular complexity index is 1170. The molecule has 2 saturated heterocycles. The molecule has 0 radical (unpaired) electrons. The number of thioether (sulfide) groups is 1. The van der Waals surface area contributed by atoms with Crippen LogP contribution in [0.5, 0.6) is 0 Å². The molecule has 2 fully saturated rings. The van der Waals surface area contributed by atoms with Crippen LogP contribution in [0.25, 0.3) is 0 Å². The first kappa shape index (κ1) is 28.9. The number of aliphatic hydroxyl groups is 1. The molecule has 0 saturated carbocycles. The molecule has 1 aromatic rings. The molecule has 1 spiro atoms. The van der Waals surface area contributed by atoms with Gasteiger partial charge in [-0.1, -0.05) is 68.0 Å². The second kappa shape index (κ2) is 11.7. The van der Waals surface area contributed by atoms with Gasteiger partial charge in [-0.25, -0.2) is 0 Å². The van der Waals surface area contributed by atoms with E-state index in [0.717, 1.165) is 24.8 Å². The summed E-state index contributed by atoms with van der Waals surface area (Å²) in [6.07, 6.45) is 12.4. The number of hydrogen-bond donors (Lipinski definition) is 1. The second-order valence-electron chi connectivity index (χ2n) is 12.0. The number of aliphatic hydroxyl groups excluding tert-OH is 1. The Labute approximate surface area is 242 Å². The van der Waals surface area contributed by atoms with Crippen molar-refractivity contribution in [1.82, 2.24) is 14.7 Å². The molecule has 6 atom stereocenters. The number of hydrogen-bond acceptors (Lipinski definition) is 5. The molecule has 5 rings (SSSR count). The highest BCUT2D eigenvalue weighted by Crippen LogP contribution is 2.65. The minimum atomic E-state index is -0.805. The van der Waals surface area contributed by atoms with E-state index in [0.29, 0.717) is 39.0 Å². The second-order valence-corrected chi connectivity index (χ2v) is 13.7. The topological polar surface area (TPSA) is 81.2 Å². The average molecular weight is 566 g/mol. The number of nitrogens with zero attached hydrogens (tertiary/aromatic N) is 3. The van der Waals surface area contributed by atoms with Gasteiger partial charge in [0.2, 0.25) is 17.7 Å². The van der Waals surface area contributed by atoms with Crippen molar-refractivity contribution < 1.29 is 19.5 Å². The maximum Gasteiger partial charge on any atom is 0.247 e. The van der Waals surface area contributed by atoms with E-state index in [1.54, 1.807) is 16.7 Å². The number of carbonyl (C=O) groups excluding carboxylic acids is 3. The summed E-state index contributed by atoms with van der Waals surface area (Å²) < 4.78 is -1.40. The van der Waals surface area contributed by atoms with Crippen LogP contribution in [0.3, 0.4) is 0 Å². The van der Waals surface area contributed by atoms with Crippen molar-refractivity contribution >= 4 is 29.5 Å². The number of likely N-dealkylation sites (tertiary alicyclic amines) is 1. The Morgan fingerprint density at radius 1 is 0.975 bits per heavy atom. The van der Waals surface area contributed by atoms with Crippen molar-refractivity contribution in [2.45, 2.75) is 81.0 Å². The minimum absolute atomic E-state index is 0.00547. The highest BCUT2D eigenvalue weighted by Gasteiger charge is 2.73. The van der Waals surface area contributed by atoms with Crippen molar-refractivity contribution in [3.8, 4) is 0 Å². The first-order chi connectivity index (χ1) is 19.3. The van der Waals surface area contributed by atoms with Crippen LogP contribution in [0.2, 0.25) is 0 Å². The van der Waals surface area contributed by atoms with Crippen molar-refractivity contribution in [1.29, 1.82) is 0 Å². The molecule has 1 aromatic carbocycles. The number of amides is 3. The quantitative estimate of drug-likeness (QED) is 0.342. The van der Waals surface area contributed by atoms with Crippen LogP contribution in [-0.2, 0) is 20.9 Å². The lowest BCUT2D eigenvalue weighted by Gasteiger charge is -2.38. The lowest BCUT2D eigenvalue weighted by atomic mass is 9.74. The van der Waals surface area contributed by atoms with Gasteiger partial charge in [-0.15, -0.1) is 11.8 Å². The van der Waals surface area contributed by atoms with Gasteiger partial charge in [-0.05, 0) is 45.1 Å². The van der Waals surface area contributed by atoms with Crippen LogP contribution in [0.4, 0.5) is 0 Å². The Kier molecular flexibility index (Phi) is 8.48. The molecule has 4 aliphatic rings. The van der Waals surface area contributed by atoms with Gasteiger partial charge in [-0.2, -0.15) is 0 Å². The van der Waals surface area contributed by atoms with Crippen LogP contribution in [0.1, 0.15) is 58.4 Å². The monoisotopic (exact) mass is 565 g/mol. The van der Waals surface area contributed by atoms with E-state index < -0.39 is 27.4 Å². The third-order valence-electron chi connectivity index (χ3n) is 9.18. The fourth-order valence-electron chi connectivity index (χ4n) is 7.32. The fraction of sp³-hybridized carbons (Fsp3) is 0.594. The van der Waals surface area contributed by atoms with E-state index in [-0.39, 0.29) is 30.4 Å². The van der Waals surface area contributed by atoms with Crippen molar-refractivity contribution in [2.24, 2.45) is 11.8 Å². The maximum atomic E-state index is 14.5. The molecular formula is C32H43N3O4S. The standard InChI is InChI=1S/C32H43N3O4S/c1-4-13-23(2)34-20-12-17-32-26(29(38)35(27(32)30(34)39)19-9-6-10-21-36)25-28(37)33(18-11-16-31(25,3)40-32)22-24-14-7-5-8-15-24/h5,7-8,11-12,14-17,23,25-27,36H,4,6,9-10,13,18-22H2,1-3H3/t23?,25-,26+,27?,31+,32+/m1/s1. The number of carbonyl (C=O) groups is 3. The molecular weight excluding hydrogens is 522 g/mol. The van der Waals surface area contributed by atoms with E-state index in [9.17, 15) is 19.5 Å². The summed E-state index contributed by atoms with van der Waals surface area (Å²) in [5.41, 5.74) is 1.06. The van der Waals surface area contributed by atoms with Gasteiger partial charge >= 0.3 is 0 Å². The zero-order valence-electron chi connectivity index (χ0n) is 24.0. The van der Waals surface area contributed by atoms with E-state index in [1.165, 1.54) is 0 Å². The Hall–Kier alpha value is -2.58. The first-order valence-corrected chi connectivity index (χ1v) is 15.7. The number of benzene rings is 1. The lowest BCUT2D eigenvalue weighted by molar-refractivity contribution is -0.145. The van der Waals surface area contributed by atoms with Crippen LogP contribution < -0.4 is 0 Å². The summed E-state index contributed by atoms with van der Waals surface area (Å²) in [6.45, 7) is 8.37. The van der Waals surface area contributed by atoms with Gasteiger partial charge in [-0.3, -0.25) is 14.4 Å². The predicted molar refractivity (Wildman–Crippen MR) is 158 cm³/mol. The van der Waals surface area contributed by atoms with E-state index >= 15 is 0 Å². The van der Waals surface area contributed by atoms with Crippen molar-refractivity contribution in [2.75, 3.05) is 26.2 Å². The summed E-state index contributed by atoms with van der Waals surface area (Å²) in [6, 6.07) is 9.39. The van der Waals surface area contributed by atoms with Gasteiger partial charge in [0.15, 0.2) is 0 Å². The zero-order chi connectivity index (χ0) is 28.5. The summed E-state index contributed by atoms with van der Waals surface area (Å²) in [7, 11) is 0. The minimum Gasteiger partial charge on any atom is -0.396 e. The van der Waals surface area contributed by atoms with Crippen LogP contribution in [0.15, 0.2) is 54.6 Å². The van der Waals surface area contributed by atoms with Gasteiger partial charge in [0.1, 0.15) is 6.04 Å². The van der Waals surface area contributed by atoms with Crippen LogP contribution in [-0.4, -0.2) is 85.3 Å². The molecule has 40 heavy (non-hydrogen) atoms. The highest BCUT2D eigenvalue weighted by molar-refractivity contribution is 8.02. The Morgan fingerprint density at radius 3 is 2.45 bits per heavy atom. The van der Waals surface area contributed by atoms with E-state index in [4.69, 9.17) is 0 Å². The summed E-state index contributed by atoms with van der Waals surface area (Å²) in [5, 5.41) is 9.30. The van der Waals surface area contributed by atoms with Gasteiger partial charge < -0.3 is 19.8 Å². The molecule has 3 amide bonds. The van der Waals surface area contributed by atoms with Gasteiger partial charge in [0.25, 0.3) is 0 Å². The molecule has 0 bridgehead atoms. The predicted octanol–water partition coefficient (Wildman–Crippen LogP) is 4.02. The number of rotatable bonds is 10. The smallest absolute Gasteiger partial charge is 0.247 e. The Morgan fingerprint density at radius 2 is 1.73 bits per heavy atom. The van der Waals surface area contributed by atoms with Crippen molar-refractivity contribution in [3.05, 3.63) is 60.2 Å². The summed E-state index contributed by atoms with van der Waals surface area (Å²) in [4.78, 5) is 48.8. The summed E-state index contributed by atoms with van der Waals surface area (Å²) in [5.74, 6) is -1.27. The largest absolute Gasteiger partial charge is 0.396 e. The fourth-order valence-corrected chi connectivity index (χ4v) is 9.47. The van der Waals surface area contributed by atoms with E-state index in [2.05, 4.69) is 45.1 Å². The average Bonchev–Trinajstić information content (AvgIpc) is 3.20. The normalized spacial score (nSPS) is 32.1. The molecule has 0 aliphatic carbocycles. The number of unbranched alkanes of at least 4 members (excludes halogenated alkanes) is 2. The molecule has 2 unspecified atom stereocenters. The van der Waals surface area contributed by atoms with Gasteiger partial charge in [0.05, 0.1) is 16.6 Å². The number of fused-ring (bicyclic) bond motifs is 2. The van der Waals surface area contributed by atoms with Crippen LogP contribution >= 0.6 is 11.8 Å². The van der Waals surface area contributed by atoms with Crippen LogP contribution in [0, 0.1) is 11.8 Å². The maximum absolute atomic E-state index is 14.5. The molecule has 8 heteroatoms. The summed E-state index contributed by atoms with van der Waals surface area (Å²) >= 11 is 1.65.